The second-order valence-corrected chi connectivity index (χ2v) is 15.6. The van der Waals surface area contributed by atoms with Gasteiger partial charge in [0.25, 0.3) is 5.91 Å². The zero-order valence-electron chi connectivity index (χ0n) is 30.5. The molecule has 0 bridgehead atoms. The lowest BCUT2D eigenvalue weighted by molar-refractivity contribution is -0.153. The van der Waals surface area contributed by atoms with Crippen molar-refractivity contribution >= 4 is 23.4 Å². The van der Waals surface area contributed by atoms with Crippen LogP contribution < -0.4 is 5.32 Å². The van der Waals surface area contributed by atoms with Gasteiger partial charge in [-0.25, -0.2) is 9.97 Å². The summed E-state index contributed by atoms with van der Waals surface area (Å²) in [4.78, 5) is 49.1. The highest BCUT2D eigenvalue weighted by Gasteiger charge is 2.39. The molecule has 2 fully saturated rings. The largest absolute Gasteiger partial charge is 0.481 e. The van der Waals surface area contributed by atoms with Crippen molar-refractivity contribution in [1.82, 2.24) is 20.2 Å². The summed E-state index contributed by atoms with van der Waals surface area (Å²) in [5.74, 6) is 1.71. The molecule has 2 atom stereocenters. The molecule has 51 heavy (non-hydrogen) atoms. The van der Waals surface area contributed by atoms with E-state index in [9.17, 15) is 19.5 Å². The lowest BCUT2D eigenvalue weighted by atomic mass is 9.70. The number of hydrogen-bond acceptors (Lipinski definition) is 5. The van der Waals surface area contributed by atoms with Gasteiger partial charge < -0.3 is 15.3 Å². The Balaban J connectivity index is 1.07. The van der Waals surface area contributed by atoms with E-state index in [1.807, 2.05) is 48.8 Å². The van der Waals surface area contributed by atoms with Crippen LogP contribution in [0.3, 0.4) is 0 Å². The first-order chi connectivity index (χ1) is 24.7. The van der Waals surface area contributed by atoms with Gasteiger partial charge in [0.15, 0.2) is 5.82 Å². The molecule has 2 N–H and O–H groups in total. The third-order valence-corrected chi connectivity index (χ3v) is 11.4. The second-order valence-electron chi connectivity index (χ2n) is 15.6. The lowest BCUT2D eigenvalue weighted by Gasteiger charge is -2.39. The summed E-state index contributed by atoms with van der Waals surface area (Å²) in [7, 11) is 0. The molecule has 2 aliphatic carbocycles. The fourth-order valence-corrected chi connectivity index (χ4v) is 8.31. The molecule has 0 radical (unpaired) electrons. The molecule has 2 amide bonds. The summed E-state index contributed by atoms with van der Waals surface area (Å²) in [6, 6.07) is 14.4. The highest BCUT2D eigenvalue weighted by Crippen LogP contribution is 2.42. The van der Waals surface area contributed by atoms with E-state index >= 15 is 0 Å². The molecule has 8 nitrogen and oxygen atoms in total. The average Bonchev–Trinajstić information content (AvgIpc) is 3.11. The van der Waals surface area contributed by atoms with Crippen molar-refractivity contribution < 1.29 is 19.5 Å². The molecule has 2 aromatic carbocycles. The molecule has 1 saturated carbocycles. The van der Waals surface area contributed by atoms with Crippen molar-refractivity contribution in [2.45, 2.75) is 97.4 Å². The zero-order chi connectivity index (χ0) is 35.9. The molecular weight excluding hydrogens is 636 g/mol. The predicted octanol–water partition coefficient (Wildman–Crippen LogP) is 8.02. The third kappa shape index (κ3) is 9.32. The van der Waals surface area contributed by atoms with Crippen molar-refractivity contribution in [1.29, 1.82) is 0 Å². The van der Waals surface area contributed by atoms with Crippen LogP contribution in [0.25, 0.3) is 17.0 Å². The van der Waals surface area contributed by atoms with E-state index in [1.165, 1.54) is 55.4 Å². The Morgan fingerprint density at radius 3 is 2.08 bits per heavy atom. The summed E-state index contributed by atoms with van der Waals surface area (Å²) < 4.78 is 0. The van der Waals surface area contributed by atoms with Crippen LogP contribution >= 0.6 is 0 Å². The zero-order valence-corrected chi connectivity index (χ0v) is 30.5. The Morgan fingerprint density at radius 2 is 1.49 bits per heavy atom. The number of likely N-dealkylation sites (tertiary alicyclic amines) is 1. The van der Waals surface area contributed by atoms with Crippen LogP contribution in [-0.2, 0) is 22.4 Å². The summed E-state index contributed by atoms with van der Waals surface area (Å²) in [6.45, 7) is 6.91. The number of carboxylic acids is 1. The first kappa shape index (κ1) is 36.5. The quantitative estimate of drug-likeness (QED) is 0.188. The standard InChI is InChI=1S/C43H54N4O4/c1-4-5-29-6-12-32(13-7-29)33-18-20-34(21-19-33)37-24-44-40(45-25-37)35-14-8-31(9-15-35)23-39(42(49)47-26-38(27-47)43(50)51)46-41(48)36-16-10-30(11-17-36)22-28(2)3/h8-11,14-17,20,24-25,28-29,32-33,38-39H,4-7,12-13,18-19,21-23,26-27H2,1-3H3,(H,46,48)(H,50,51)/t29?,32?,33?,39-/m0/s1. The summed E-state index contributed by atoms with van der Waals surface area (Å²) in [5, 5.41) is 12.3. The molecule has 1 aromatic heterocycles. The smallest absolute Gasteiger partial charge is 0.310 e. The average molecular weight is 691 g/mol. The molecule has 2 heterocycles. The number of nitrogens with zero attached hydrogens (tertiary/aromatic N) is 3. The molecule has 1 aliphatic heterocycles. The van der Waals surface area contributed by atoms with E-state index in [4.69, 9.17) is 9.97 Å². The van der Waals surface area contributed by atoms with Crippen molar-refractivity contribution in [2.24, 2.45) is 29.6 Å². The maximum atomic E-state index is 13.5. The van der Waals surface area contributed by atoms with Crippen LogP contribution in [0.15, 0.2) is 67.0 Å². The Labute approximate surface area is 303 Å². The molecule has 6 rings (SSSR count). The number of rotatable bonds is 13. The van der Waals surface area contributed by atoms with E-state index in [1.54, 1.807) is 12.1 Å². The van der Waals surface area contributed by atoms with Crippen molar-refractivity contribution in [3.8, 4) is 11.4 Å². The number of benzene rings is 2. The van der Waals surface area contributed by atoms with Crippen molar-refractivity contribution in [3.05, 3.63) is 89.3 Å². The Bertz CT molecular complexity index is 1670. The van der Waals surface area contributed by atoms with Gasteiger partial charge >= 0.3 is 5.97 Å². The molecule has 1 saturated heterocycles. The molecule has 0 spiro atoms. The van der Waals surface area contributed by atoms with Gasteiger partial charge in [-0.1, -0.05) is 88.9 Å². The molecule has 1 unspecified atom stereocenters. The highest BCUT2D eigenvalue weighted by atomic mass is 16.4. The van der Waals surface area contributed by atoms with E-state index < -0.39 is 17.9 Å². The van der Waals surface area contributed by atoms with Crippen LogP contribution in [0.5, 0.6) is 0 Å². The van der Waals surface area contributed by atoms with E-state index in [-0.39, 0.29) is 31.3 Å². The van der Waals surface area contributed by atoms with Gasteiger partial charge in [0, 0.05) is 48.6 Å². The van der Waals surface area contributed by atoms with Crippen molar-refractivity contribution in [3.63, 3.8) is 0 Å². The number of aliphatic carboxylic acids is 1. The topological polar surface area (TPSA) is 112 Å². The van der Waals surface area contributed by atoms with Gasteiger partial charge in [-0.15, -0.1) is 0 Å². The van der Waals surface area contributed by atoms with E-state index in [2.05, 4.69) is 32.2 Å². The van der Waals surface area contributed by atoms with E-state index in [0.29, 0.717) is 17.3 Å². The van der Waals surface area contributed by atoms with E-state index in [0.717, 1.165) is 59.3 Å². The maximum absolute atomic E-state index is 13.5. The molecule has 3 aromatic rings. The molecule has 3 aliphatic rings. The molecule has 8 heteroatoms. The highest BCUT2D eigenvalue weighted by molar-refractivity contribution is 5.98. The monoisotopic (exact) mass is 690 g/mol. The minimum absolute atomic E-state index is 0.147. The predicted molar refractivity (Wildman–Crippen MR) is 201 cm³/mol. The number of hydrogen-bond donors (Lipinski definition) is 2. The number of amides is 2. The Morgan fingerprint density at radius 1 is 0.843 bits per heavy atom. The van der Waals surface area contributed by atoms with Gasteiger partial charge in [-0.3, -0.25) is 14.4 Å². The number of allylic oxidation sites excluding steroid dienone is 2. The number of carboxylic acid groups (broad SMARTS) is 1. The summed E-state index contributed by atoms with van der Waals surface area (Å²) >= 11 is 0. The second kappa shape index (κ2) is 16.8. The number of carbonyl (C=O) groups excluding carboxylic acids is 2. The minimum atomic E-state index is -0.911. The van der Waals surface area contributed by atoms with Gasteiger partial charge in [0.2, 0.25) is 5.91 Å². The Kier molecular flexibility index (Phi) is 12.0. The fourth-order valence-electron chi connectivity index (χ4n) is 8.31. The number of carbonyl (C=O) groups is 3. The molecular formula is C43H54N4O4. The van der Waals surface area contributed by atoms with Crippen LogP contribution in [-0.4, -0.2) is 56.9 Å². The normalized spacial score (nSPS) is 21.5. The van der Waals surface area contributed by atoms with Crippen molar-refractivity contribution in [2.75, 3.05) is 13.1 Å². The van der Waals surface area contributed by atoms with Gasteiger partial charge in [0.05, 0.1) is 5.92 Å². The van der Waals surface area contributed by atoms with Crippen LogP contribution in [0.2, 0.25) is 0 Å². The van der Waals surface area contributed by atoms with Gasteiger partial charge in [-0.05, 0) is 91.0 Å². The van der Waals surface area contributed by atoms with Gasteiger partial charge in [0.1, 0.15) is 6.04 Å². The minimum Gasteiger partial charge on any atom is -0.481 e. The third-order valence-electron chi connectivity index (χ3n) is 11.4. The maximum Gasteiger partial charge on any atom is 0.310 e. The fraction of sp³-hybridized carbons (Fsp3) is 0.512. The van der Waals surface area contributed by atoms with Crippen LogP contribution in [0.4, 0.5) is 0 Å². The first-order valence-corrected chi connectivity index (χ1v) is 19.2. The first-order valence-electron chi connectivity index (χ1n) is 19.2. The SMILES string of the molecule is CCCC1CCC(C2CC=C(c3cnc(-c4ccc(C[C@H](NC(=O)c5ccc(CC(C)C)cc5)C(=O)N5CC(C(=O)O)C5)cc4)nc3)CC2)CC1. The van der Waals surface area contributed by atoms with Crippen LogP contribution in [0, 0.1) is 29.6 Å². The summed E-state index contributed by atoms with van der Waals surface area (Å²) in [5.41, 5.74) is 5.84. The lowest BCUT2D eigenvalue weighted by Crippen LogP contribution is -2.59. The number of nitrogens with one attached hydrogen (secondary N) is 1. The van der Waals surface area contributed by atoms with Gasteiger partial charge in [-0.2, -0.15) is 0 Å². The Hall–Kier alpha value is -4.33. The number of aromatic nitrogens is 2. The van der Waals surface area contributed by atoms with Crippen LogP contribution in [0.1, 0.15) is 106 Å². The molecule has 270 valence electrons. The summed E-state index contributed by atoms with van der Waals surface area (Å²) in [6.07, 6.45) is 19.4.